The van der Waals surface area contributed by atoms with Crippen molar-refractivity contribution in [1.29, 1.82) is 0 Å². The summed E-state index contributed by atoms with van der Waals surface area (Å²) in [5, 5.41) is 10.5. The van der Waals surface area contributed by atoms with Crippen molar-refractivity contribution in [2.24, 2.45) is 0 Å². The standard InChI is InChI=1S/C8H7F2NO3/c1-4-3-5(9)6(10)8(14-2)7(4)11(12)13/h3H,1-2H3. The second kappa shape index (κ2) is 3.57. The Bertz CT molecular complexity index is 393. The van der Waals surface area contributed by atoms with Crippen LogP contribution in [0.4, 0.5) is 14.5 Å². The summed E-state index contributed by atoms with van der Waals surface area (Å²) in [5.74, 6) is -3.18. The van der Waals surface area contributed by atoms with E-state index < -0.39 is 28.0 Å². The number of nitro groups is 1. The lowest BCUT2D eigenvalue weighted by atomic mass is 10.1. The van der Waals surface area contributed by atoms with Gasteiger partial charge in [-0.15, -0.1) is 0 Å². The minimum Gasteiger partial charge on any atom is -0.488 e. The van der Waals surface area contributed by atoms with Crippen LogP contribution < -0.4 is 4.74 Å². The van der Waals surface area contributed by atoms with Gasteiger partial charge in [-0.1, -0.05) is 0 Å². The summed E-state index contributed by atoms with van der Waals surface area (Å²) < 4.78 is 30.2. The maximum atomic E-state index is 13.0. The van der Waals surface area contributed by atoms with Crippen LogP contribution in [0.1, 0.15) is 5.56 Å². The zero-order valence-electron chi connectivity index (χ0n) is 7.51. The van der Waals surface area contributed by atoms with Crippen molar-refractivity contribution in [2.45, 2.75) is 6.92 Å². The molecule has 0 heterocycles. The second-order valence-electron chi connectivity index (χ2n) is 2.63. The van der Waals surface area contributed by atoms with E-state index in [4.69, 9.17) is 0 Å². The summed E-state index contributed by atoms with van der Waals surface area (Å²) in [6.45, 7) is 1.31. The molecule has 0 aliphatic heterocycles. The molecule has 14 heavy (non-hydrogen) atoms. The molecule has 0 unspecified atom stereocenters. The molecule has 0 radical (unpaired) electrons. The van der Waals surface area contributed by atoms with Gasteiger partial charge >= 0.3 is 5.69 Å². The molecule has 0 saturated carbocycles. The number of hydrogen-bond acceptors (Lipinski definition) is 3. The van der Waals surface area contributed by atoms with Crippen molar-refractivity contribution >= 4 is 5.69 Å². The molecule has 0 saturated heterocycles. The highest BCUT2D eigenvalue weighted by Gasteiger charge is 2.25. The van der Waals surface area contributed by atoms with E-state index in [-0.39, 0.29) is 5.56 Å². The Hall–Kier alpha value is -1.72. The quantitative estimate of drug-likeness (QED) is 0.546. The second-order valence-corrected chi connectivity index (χ2v) is 2.63. The Morgan fingerprint density at radius 3 is 2.50 bits per heavy atom. The normalized spacial score (nSPS) is 10.0. The summed E-state index contributed by atoms with van der Waals surface area (Å²) in [5.41, 5.74) is -0.530. The Labute approximate surface area is 78.3 Å². The minimum absolute atomic E-state index is 0.0192. The minimum atomic E-state index is -1.34. The predicted octanol–water partition coefficient (Wildman–Crippen LogP) is 2.19. The lowest BCUT2D eigenvalue weighted by Gasteiger charge is -2.05. The van der Waals surface area contributed by atoms with E-state index in [0.29, 0.717) is 0 Å². The van der Waals surface area contributed by atoms with Crippen LogP contribution in [0.15, 0.2) is 6.07 Å². The zero-order chi connectivity index (χ0) is 10.9. The number of ether oxygens (including phenoxy) is 1. The SMILES string of the molecule is COc1c(F)c(F)cc(C)c1[N+](=O)[O-]. The molecule has 1 aromatic rings. The van der Waals surface area contributed by atoms with Crippen molar-refractivity contribution in [3.8, 4) is 5.75 Å². The van der Waals surface area contributed by atoms with Crippen LogP contribution in [0.2, 0.25) is 0 Å². The van der Waals surface area contributed by atoms with Crippen LogP contribution in [0.3, 0.4) is 0 Å². The van der Waals surface area contributed by atoms with Crippen LogP contribution in [-0.4, -0.2) is 12.0 Å². The highest BCUT2D eigenvalue weighted by atomic mass is 19.2. The zero-order valence-corrected chi connectivity index (χ0v) is 7.51. The first-order valence-corrected chi connectivity index (χ1v) is 3.66. The van der Waals surface area contributed by atoms with Gasteiger partial charge in [0.05, 0.1) is 12.0 Å². The fraction of sp³-hybridized carbons (Fsp3) is 0.250. The first kappa shape index (κ1) is 10.4. The molecule has 0 aliphatic carbocycles. The number of nitro benzene ring substituents is 1. The first-order chi connectivity index (χ1) is 6.49. The summed E-state index contributed by atoms with van der Waals surface area (Å²) in [6, 6.07) is 0.760. The Kier molecular flexibility index (Phi) is 2.64. The van der Waals surface area contributed by atoms with Crippen molar-refractivity contribution in [3.63, 3.8) is 0 Å². The van der Waals surface area contributed by atoms with Crippen molar-refractivity contribution in [2.75, 3.05) is 7.11 Å². The smallest absolute Gasteiger partial charge is 0.317 e. The lowest BCUT2D eigenvalue weighted by molar-refractivity contribution is -0.386. The van der Waals surface area contributed by atoms with Crippen molar-refractivity contribution in [3.05, 3.63) is 33.4 Å². The monoisotopic (exact) mass is 203 g/mol. The number of nitrogens with zero attached hydrogens (tertiary/aromatic N) is 1. The van der Waals surface area contributed by atoms with E-state index in [1.807, 2.05) is 0 Å². The van der Waals surface area contributed by atoms with Crippen molar-refractivity contribution < 1.29 is 18.4 Å². The lowest BCUT2D eigenvalue weighted by Crippen LogP contribution is -2.01. The average Bonchev–Trinajstić information content (AvgIpc) is 2.09. The average molecular weight is 203 g/mol. The van der Waals surface area contributed by atoms with Crippen LogP contribution in [0.25, 0.3) is 0 Å². The molecule has 0 N–H and O–H groups in total. The van der Waals surface area contributed by atoms with Gasteiger partial charge in [-0.05, 0) is 13.0 Å². The van der Waals surface area contributed by atoms with E-state index in [0.717, 1.165) is 13.2 Å². The summed E-state index contributed by atoms with van der Waals surface area (Å²) in [4.78, 5) is 9.69. The Morgan fingerprint density at radius 2 is 2.07 bits per heavy atom. The van der Waals surface area contributed by atoms with Gasteiger partial charge in [0.2, 0.25) is 11.6 Å². The number of rotatable bonds is 2. The highest BCUT2D eigenvalue weighted by Crippen LogP contribution is 2.34. The molecule has 76 valence electrons. The molecule has 1 aromatic carbocycles. The molecule has 0 bridgehead atoms. The van der Waals surface area contributed by atoms with Gasteiger partial charge in [-0.3, -0.25) is 10.1 Å². The molecule has 0 aliphatic rings. The summed E-state index contributed by atoms with van der Waals surface area (Å²) >= 11 is 0. The van der Waals surface area contributed by atoms with Crippen molar-refractivity contribution in [1.82, 2.24) is 0 Å². The van der Waals surface area contributed by atoms with E-state index in [1.165, 1.54) is 6.92 Å². The number of aryl methyl sites for hydroxylation is 1. The van der Waals surface area contributed by atoms with Gasteiger partial charge in [0.15, 0.2) is 5.82 Å². The molecule has 0 fully saturated rings. The van der Waals surface area contributed by atoms with Gasteiger partial charge in [-0.2, -0.15) is 4.39 Å². The molecular weight excluding hydrogens is 196 g/mol. The first-order valence-electron chi connectivity index (χ1n) is 3.66. The molecule has 1 rings (SSSR count). The predicted molar refractivity (Wildman–Crippen MR) is 44.3 cm³/mol. The fourth-order valence-corrected chi connectivity index (χ4v) is 1.13. The van der Waals surface area contributed by atoms with E-state index >= 15 is 0 Å². The third-order valence-corrected chi connectivity index (χ3v) is 1.73. The van der Waals surface area contributed by atoms with Gasteiger partial charge in [-0.25, -0.2) is 4.39 Å². The Balaban J connectivity index is 3.55. The molecule has 0 atom stereocenters. The molecule has 6 heteroatoms. The third-order valence-electron chi connectivity index (χ3n) is 1.73. The molecule has 0 amide bonds. The van der Waals surface area contributed by atoms with Crippen LogP contribution >= 0.6 is 0 Å². The summed E-state index contributed by atoms with van der Waals surface area (Å²) in [7, 11) is 1.05. The summed E-state index contributed by atoms with van der Waals surface area (Å²) in [6.07, 6.45) is 0. The van der Waals surface area contributed by atoms with Gasteiger partial charge in [0.1, 0.15) is 0 Å². The highest BCUT2D eigenvalue weighted by molar-refractivity contribution is 5.53. The van der Waals surface area contributed by atoms with Gasteiger partial charge in [0, 0.05) is 5.56 Å². The van der Waals surface area contributed by atoms with Crippen LogP contribution in [0.5, 0.6) is 5.75 Å². The van der Waals surface area contributed by atoms with Gasteiger partial charge < -0.3 is 4.74 Å². The van der Waals surface area contributed by atoms with Crippen LogP contribution in [0, 0.1) is 28.7 Å². The number of hydrogen-bond donors (Lipinski definition) is 0. The van der Waals surface area contributed by atoms with E-state index in [2.05, 4.69) is 4.74 Å². The molecule has 0 spiro atoms. The molecule has 0 aromatic heterocycles. The van der Waals surface area contributed by atoms with E-state index in [1.54, 1.807) is 0 Å². The maximum absolute atomic E-state index is 13.0. The van der Waals surface area contributed by atoms with E-state index in [9.17, 15) is 18.9 Å². The van der Waals surface area contributed by atoms with Gasteiger partial charge in [0.25, 0.3) is 0 Å². The van der Waals surface area contributed by atoms with Crippen LogP contribution in [-0.2, 0) is 0 Å². The third kappa shape index (κ3) is 1.50. The largest absolute Gasteiger partial charge is 0.488 e. The molecular formula is C8H7F2NO3. The number of methoxy groups -OCH3 is 1. The Morgan fingerprint density at radius 1 is 1.50 bits per heavy atom. The number of benzene rings is 1. The topological polar surface area (TPSA) is 52.4 Å². The molecule has 4 nitrogen and oxygen atoms in total. The maximum Gasteiger partial charge on any atom is 0.317 e. The number of halogens is 2. The fourth-order valence-electron chi connectivity index (χ4n) is 1.13.